The van der Waals surface area contributed by atoms with E-state index >= 15 is 0 Å². The molecule has 1 aromatic carbocycles. The highest BCUT2D eigenvalue weighted by molar-refractivity contribution is 9.10. The Morgan fingerprint density at radius 3 is 2.75 bits per heavy atom. The van der Waals surface area contributed by atoms with E-state index in [1.54, 1.807) is 0 Å². The molecule has 0 unspecified atom stereocenters. The van der Waals surface area contributed by atoms with Gasteiger partial charge >= 0.3 is 0 Å². The smallest absolute Gasteiger partial charge is 0.213 e. The number of benzene rings is 1. The largest absolute Gasteiger partial charge is 0.473 e. The molecule has 1 aliphatic carbocycles. The van der Waals surface area contributed by atoms with Gasteiger partial charge in [0.15, 0.2) is 0 Å². The third kappa shape index (κ3) is 3.81. The SMILES string of the molecule is Brc1ccccc1COc1ccc(CNC2CC2)cn1. The summed E-state index contributed by atoms with van der Waals surface area (Å²) >= 11 is 3.51. The van der Waals surface area contributed by atoms with Gasteiger partial charge in [-0.2, -0.15) is 0 Å². The molecule has 1 N–H and O–H groups in total. The second-order valence-electron chi connectivity index (χ2n) is 5.04. The molecule has 0 atom stereocenters. The molecule has 20 heavy (non-hydrogen) atoms. The molecule has 4 heteroatoms. The van der Waals surface area contributed by atoms with Gasteiger partial charge in [-0.25, -0.2) is 4.98 Å². The highest BCUT2D eigenvalue weighted by atomic mass is 79.9. The van der Waals surface area contributed by atoms with Crippen molar-refractivity contribution in [3.05, 3.63) is 58.2 Å². The van der Waals surface area contributed by atoms with E-state index in [1.807, 2.05) is 36.5 Å². The summed E-state index contributed by atoms with van der Waals surface area (Å²) in [6.45, 7) is 1.41. The zero-order valence-corrected chi connectivity index (χ0v) is 12.8. The van der Waals surface area contributed by atoms with Crippen molar-refractivity contribution in [2.75, 3.05) is 0 Å². The van der Waals surface area contributed by atoms with Crippen molar-refractivity contribution in [1.82, 2.24) is 10.3 Å². The minimum atomic E-state index is 0.522. The number of hydrogen-bond donors (Lipinski definition) is 1. The number of nitrogens with one attached hydrogen (secondary N) is 1. The van der Waals surface area contributed by atoms with E-state index in [4.69, 9.17) is 4.74 Å². The molecule has 0 saturated heterocycles. The zero-order chi connectivity index (χ0) is 13.8. The van der Waals surface area contributed by atoms with Gasteiger partial charge in [0.25, 0.3) is 0 Å². The quantitative estimate of drug-likeness (QED) is 0.876. The van der Waals surface area contributed by atoms with Gasteiger partial charge in [0.05, 0.1) is 0 Å². The van der Waals surface area contributed by atoms with E-state index in [-0.39, 0.29) is 0 Å². The number of pyridine rings is 1. The first kappa shape index (κ1) is 13.6. The molecule has 1 fully saturated rings. The van der Waals surface area contributed by atoms with E-state index < -0.39 is 0 Å². The van der Waals surface area contributed by atoms with Crippen molar-refractivity contribution in [2.45, 2.75) is 32.0 Å². The second-order valence-corrected chi connectivity index (χ2v) is 5.89. The Kier molecular flexibility index (Phi) is 4.33. The van der Waals surface area contributed by atoms with Crippen LogP contribution < -0.4 is 10.1 Å². The van der Waals surface area contributed by atoms with Crippen molar-refractivity contribution in [3.63, 3.8) is 0 Å². The van der Waals surface area contributed by atoms with E-state index in [9.17, 15) is 0 Å². The summed E-state index contributed by atoms with van der Waals surface area (Å²) in [5.74, 6) is 0.663. The number of hydrogen-bond acceptors (Lipinski definition) is 3. The van der Waals surface area contributed by atoms with Crippen molar-refractivity contribution in [1.29, 1.82) is 0 Å². The van der Waals surface area contributed by atoms with Crippen LogP contribution in [0.25, 0.3) is 0 Å². The lowest BCUT2D eigenvalue weighted by Crippen LogP contribution is -2.15. The Morgan fingerprint density at radius 1 is 1.20 bits per heavy atom. The maximum atomic E-state index is 5.70. The van der Waals surface area contributed by atoms with Gasteiger partial charge in [-0.05, 0) is 24.5 Å². The molecule has 1 aliphatic rings. The van der Waals surface area contributed by atoms with Crippen molar-refractivity contribution in [2.24, 2.45) is 0 Å². The fourth-order valence-corrected chi connectivity index (χ4v) is 2.32. The lowest BCUT2D eigenvalue weighted by Gasteiger charge is -2.08. The van der Waals surface area contributed by atoms with Crippen molar-refractivity contribution >= 4 is 15.9 Å². The fourth-order valence-electron chi connectivity index (χ4n) is 1.92. The molecule has 1 saturated carbocycles. The van der Waals surface area contributed by atoms with Gasteiger partial charge < -0.3 is 10.1 Å². The first-order valence-corrected chi connectivity index (χ1v) is 7.65. The van der Waals surface area contributed by atoms with Crippen LogP contribution in [0.15, 0.2) is 47.1 Å². The number of ether oxygens (including phenoxy) is 1. The maximum Gasteiger partial charge on any atom is 0.213 e. The number of aromatic nitrogens is 1. The fraction of sp³-hybridized carbons (Fsp3) is 0.312. The molecule has 3 nitrogen and oxygen atoms in total. The minimum Gasteiger partial charge on any atom is -0.473 e. The Labute approximate surface area is 127 Å². The lowest BCUT2D eigenvalue weighted by atomic mass is 10.2. The average molecular weight is 333 g/mol. The summed E-state index contributed by atoms with van der Waals surface area (Å²) in [6.07, 6.45) is 4.49. The summed E-state index contributed by atoms with van der Waals surface area (Å²) in [5.41, 5.74) is 2.32. The van der Waals surface area contributed by atoms with Crippen LogP contribution in [-0.2, 0) is 13.2 Å². The Morgan fingerprint density at radius 2 is 2.05 bits per heavy atom. The molecule has 2 aromatic rings. The predicted octanol–water partition coefficient (Wildman–Crippen LogP) is 3.68. The Hall–Kier alpha value is -1.39. The highest BCUT2D eigenvalue weighted by Crippen LogP contribution is 2.20. The van der Waals surface area contributed by atoms with E-state index in [2.05, 4.69) is 32.3 Å². The Bertz CT molecular complexity index is 567. The monoisotopic (exact) mass is 332 g/mol. The molecular weight excluding hydrogens is 316 g/mol. The molecule has 3 rings (SSSR count). The number of nitrogens with zero attached hydrogens (tertiary/aromatic N) is 1. The highest BCUT2D eigenvalue weighted by Gasteiger charge is 2.19. The van der Waals surface area contributed by atoms with E-state index in [1.165, 1.54) is 18.4 Å². The molecule has 0 radical (unpaired) electrons. The molecule has 0 bridgehead atoms. The third-order valence-electron chi connectivity index (χ3n) is 3.30. The summed E-state index contributed by atoms with van der Waals surface area (Å²) in [7, 11) is 0. The third-order valence-corrected chi connectivity index (χ3v) is 4.08. The standard InChI is InChI=1S/C16H17BrN2O/c17-15-4-2-1-3-13(15)11-20-16-8-5-12(10-19-16)9-18-14-6-7-14/h1-5,8,10,14,18H,6-7,9,11H2. The average Bonchev–Trinajstić information content (AvgIpc) is 3.30. The van der Waals surface area contributed by atoms with Crippen molar-refractivity contribution in [3.8, 4) is 5.88 Å². The minimum absolute atomic E-state index is 0.522. The summed E-state index contributed by atoms with van der Waals surface area (Å²) in [6, 6.07) is 12.8. The summed E-state index contributed by atoms with van der Waals surface area (Å²) in [4.78, 5) is 4.34. The number of rotatable bonds is 6. The molecule has 1 heterocycles. The lowest BCUT2D eigenvalue weighted by molar-refractivity contribution is 0.293. The molecule has 0 aliphatic heterocycles. The molecular formula is C16H17BrN2O. The van der Waals surface area contributed by atoms with Crippen LogP contribution in [0.3, 0.4) is 0 Å². The Balaban J connectivity index is 1.53. The van der Waals surface area contributed by atoms with Crippen molar-refractivity contribution < 1.29 is 4.74 Å². The molecule has 1 aromatic heterocycles. The summed E-state index contributed by atoms with van der Waals surface area (Å²) < 4.78 is 6.76. The van der Waals surface area contributed by atoms with Gasteiger partial charge in [0, 0.05) is 34.9 Å². The predicted molar refractivity (Wildman–Crippen MR) is 82.6 cm³/mol. The van der Waals surface area contributed by atoms with E-state index in [0.29, 0.717) is 12.5 Å². The van der Waals surface area contributed by atoms with E-state index in [0.717, 1.165) is 22.6 Å². The maximum absolute atomic E-state index is 5.70. The second kappa shape index (κ2) is 6.37. The van der Waals surface area contributed by atoms with Crippen LogP contribution in [-0.4, -0.2) is 11.0 Å². The normalized spacial score (nSPS) is 14.2. The molecule has 104 valence electrons. The molecule has 0 spiro atoms. The van der Waals surface area contributed by atoms with Gasteiger partial charge in [0.2, 0.25) is 5.88 Å². The van der Waals surface area contributed by atoms with Crippen LogP contribution in [0.5, 0.6) is 5.88 Å². The van der Waals surface area contributed by atoms with Crippen LogP contribution >= 0.6 is 15.9 Å². The summed E-state index contributed by atoms with van der Waals surface area (Å²) in [5, 5.41) is 3.47. The van der Waals surface area contributed by atoms with Gasteiger partial charge in [0.1, 0.15) is 6.61 Å². The van der Waals surface area contributed by atoms with Gasteiger partial charge in [-0.15, -0.1) is 0 Å². The topological polar surface area (TPSA) is 34.1 Å². The van der Waals surface area contributed by atoms with Gasteiger partial charge in [-0.3, -0.25) is 0 Å². The number of halogens is 1. The van der Waals surface area contributed by atoms with Crippen LogP contribution in [0.1, 0.15) is 24.0 Å². The first-order valence-electron chi connectivity index (χ1n) is 6.86. The van der Waals surface area contributed by atoms with Crippen LogP contribution in [0, 0.1) is 0 Å². The first-order chi connectivity index (χ1) is 9.81. The van der Waals surface area contributed by atoms with Crippen LogP contribution in [0.2, 0.25) is 0 Å². The zero-order valence-electron chi connectivity index (χ0n) is 11.2. The van der Waals surface area contributed by atoms with Crippen LogP contribution in [0.4, 0.5) is 0 Å². The molecule has 0 amide bonds. The van der Waals surface area contributed by atoms with Gasteiger partial charge in [-0.1, -0.05) is 40.2 Å².